The van der Waals surface area contributed by atoms with Crippen molar-refractivity contribution in [3.63, 3.8) is 0 Å². The Morgan fingerprint density at radius 3 is 3.00 bits per heavy atom. The molecule has 3 atom stereocenters. The van der Waals surface area contributed by atoms with Crippen LogP contribution in [-0.2, 0) is 0 Å². The molecule has 0 saturated carbocycles. The van der Waals surface area contributed by atoms with Crippen molar-refractivity contribution in [1.82, 2.24) is 10.2 Å². The van der Waals surface area contributed by atoms with Gasteiger partial charge in [-0.05, 0) is 44.3 Å². The highest BCUT2D eigenvalue weighted by Gasteiger charge is 2.38. The van der Waals surface area contributed by atoms with Gasteiger partial charge >= 0.3 is 0 Å². The maximum Gasteiger partial charge on any atom is 0.127 e. The highest BCUT2D eigenvalue weighted by Crippen LogP contribution is 2.35. The average molecular weight is 262 g/mol. The number of hydrogen-bond acceptors (Lipinski definition) is 2. The summed E-state index contributed by atoms with van der Waals surface area (Å²) >= 11 is 0. The second kappa shape index (κ2) is 5.59. The molecule has 1 N–H and O–H groups in total. The van der Waals surface area contributed by atoms with Gasteiger partial charge in [0.25, 0.3) is 0 Å². The highest BCUT2D eigenvalue weighted by atomic mass is 19.1. The summed E-state index contributed by atoms with van der Waals surface area (Å²) in [5.74, 6) is 0.706. The van der Waals surface area contributed by atoms with Crippen LogP contribution in [0.4, 0.5) is 4.39 Å². The van der Waals surface area contributed by atoms with Crippen molar-refractivity contribution in [2.75, 3.05) is 19.6 Å². The first-order valence-corrected chi connectivity index (χ1v) is 7.52. The van der Waals surface area contributed by atoms with Crippen LogP contribution in [0.15, 0.2) is 24.3 Å². The molecule has 2 fully saturated rings. The number of halogens is 1. The van der Waals surface area contributed by atoms with E-state index in [1.165, 1.54) is 12.8 Å². The molecule has 1 aromatic rings. The average Bonchev–Trinajstić information content (AvgIpc) is 2.91. The molecule has 3 unspecified atom stereocenters. The third-order valence-corrected chi connectivity index (χ3v) is 4.77. The summed E-state index contributed by atoms with van der Waals surface area (Å²) in [5, 5.41) is 3.50. The molecule has 2 nitrogen and oxygen atoms in total. The second-order valence-electron chi connectivity index (χ2n) is 5.81. The molecule has 1 aromatic carbocycles. The van der Waals surface area contributed by atoms with Crippen LogP contribution in [0.2, 0.25) is 0 Å². The fourth-order valence-corrected chi connectivity index (χ4v) is 3.87. The lowest BCUT2D eigenvalue weighted by atomic mass is 9.88. The first kappa shape index (κ1) is 13.1. The Bertz CT molecular complexity index is 435. The minimum absolute atomic E-state index is 0.0533. The first-order chi connectivity index (χ1) is 9.31. The van der Waals surface area contributed by atoms with Crippen molar-refractivity contribution in [2.24, 2.45) is 5.92 Å². The Balaban J connectivity index is 1.87. The van der Waals surface area contributed by atoms with Crippen molar-refractivity contribution in [1.29, 1.82) is 0 Å². The Morgan fingerprint density at radius 2 is 2.21 bits per heavy atom. The molecule has 0 aliphatic carbocycles. The van der Waals surface area contributed by atoms with Gasteiger partial charge in [0.2, 0.25) is 0 Å². The molecule has 2 aliphatic rings. The van der Waals surface area contributed by atoms with Gasteiger partial charge in [-0.15, -0.1) is 0 Å². The molecule has 0 bridgehead atoms. The predicted octanol–water partition coefficient (Wildman–Crippen LogP) is 2.96. The molecular weight excluding hydrogens is 239 g/mol. The SMILES string of the molecule is CCC(c1ccccc1F)N1CCCC2CNCC21. The molecule has 0 spiro atoms. The molecule has 0 aromatic heterocycles. The summed E-state index contributed by atoms with van der Waals surface area (Å²) in [6.45, 7) is 5.48. The largest absolute Gasteiger partial charge is 0.315 e. The van der Waals surface area contributed by atoms with E-state index >= 15 is 0 Å². The highest BCUT2D eigenvalue weighted by molar-refractivity contribution is 5.22. The molecule has 19 heavy (non-hydrogen) atoms. The molecule has 2 saturated heterocycles. The number of piperidine rings is 1. The van der Waals surface area contributed by atoms with Gasteiger partial charge in [-0.3, -0.25) is 4.90 Å². The normalized spacial score (nSPS) is 29.2. The van der Waals surface area contributed by atoms with Crippen molar-refractivity contribution < 1.29 is 4.39 Å². The van der Waals surface area contributed by atoms with Crippen molar-refractivity contribution in [3.05, 3.63) is 35.6 Å². The summed E-state index contributed by atoms with van der Waals surface area (Å²) < 4.78 is 14.1. The van der Waals surface area contributed by atoms with Crippen LogP contribution in [0.3, 0.4) is 0 Å². The summed E-state index contributed by atoms with van der Waals surface area (Å²) in [7, 11) is 0. The van der Waals surface area contributed by atoms with Crippen molar-refractivity contribution >= 4 is 0 Å². The van der Waals surface area contributed by atoms with Crippen LogP contribution in [0.25, 0.3) is 0 Å². The third kappa shape index (κ3) is 2.41. The zero-order valence-electron chi connectivity index (χ0n) is 11.6. The van der Waals surface area contributed by atoms with Crippen LogP contribution in [-0.4, -0.2) is 30.6 Å². The topological polar surface area (TPSA) is 15.3 Å². The molecule has 3 heteroatoms. The molecule has 3 rings (SSSR count). The van der Waals surface area contributed by atoms with Crippen LogP contribution >= 0.6 is 0 Å². The van der Waals surface area contributed by atoms with Crippen LogP contribution in [0, 0.1) is 11.7 Å². The van der Waals surface area contributed by atoms with E-state index in [9.17, 15) is 4.39 Å². The van der Waals surface area contributed by atoms with Gasteiger partial charge in [0.15, 0.2) is 0 Å². The van der Waals surface area contributed by atoms with Crippen LogP contribution in [0.1, 0.15) is 37.8 Å². The smallest absolute Gasteiger partial charge is 0.127 e. The summed E-state index contributed by atoms with van der Waals surface area (Å²) in [4.78, 5) is 2.55. The Morgan fingerprint density at radius 1 is 1.37 bits per heavy atom. The minimum Gasteiger partial charge on any atom is -0.315 e. The summed E-state index contributed by atoms with van der Waals surface area (Å²) in [5.41, 5.74) is 0.873. The van der Waals surface area contributed by atoms with Crippen LogP contribution < -0.4 is 5.32 Å². The van der Waals surface area contributed by atoms with E-state index in [1.54, 1.807) is 12.1 Å². The number of nitrogens with zero attached hydrogens (tertiary/aromatic N) is 1. The van der Waals surface area contributed by atoms with E-state index in [2.05, 4.69) is 17.1 Å². The predicted molar refractivity (Wildman–Crippen MR) is 75.5 cm³/mol. The van der Waals surface area contributed by atoms with Gasteiger partial charge in [-0.2, -0.15) is 0 Å². The number of hydrogen-bond donors (Lipinski definition) is 1. The Labute approximate surface area is 115 Å². The van der Waals surface area contributed by atoms with E-state index in [0.29, 0.717) is 6.04 Å². The number of fused-ring (bicyclic) bond motifs is 1. The van der Waals surface area contributed by atoms with E-state index < -0.39 is 0 Å². The van der Waals surface area contributed by atoms with Gasteiger partial charge in [0.1, 0.15) is 5.82 Å². The maximum absolute atomic E-state index is 14.1. The standard InChI is InChI=1S/C16H23FN2/c1-2-15(13-7-3-4-8-14(13)17)19-9-5-6-12-10-18-11-16(12)19/h3-4,7-8,12,15-16,18H,2,5-6,9-11H2,1H3. The molecule has 2 heterocycles. The fourth-order valence-electron chi connectivity index (χ4n) is 3.87. The van der Waals surface area contributed by atoms with Crippen LogP contribution in [0.5, 0.6) is 0 Å². The number of nitrogens with one attached hydrogen (secondary N) is 1. The molecule has 0 amide bonds. The van der Waals surface area contributed by atoms with E-state index in [1.807, 2.05) is 12.1 Å². The summed E-state index contributed by atoms with van der Waals surface area (Å²) in [6.07, 6.45) is 3.54. The second-order valence-corrected chi connectivity index (χ2v) is 5.81. The lowest BCUT2D eigenvalue weighted by Crippen LogP contribution is -2.46. The first-order valence-electron chi connectivity index (χ1n) is 7.52. The number of benzene rings is 1. The van der Waals surface area contributed by atoms with Gasteiger partial charge < -0.3 is 5.32 Å². The van der Waals surface area contributed by atoms with Crippen molar-refractivity contribution in [3.8, 4) is 0 Å². The lowest BCUT2D eigenvalue weighted by Gasteiger charge is -2.42. The fraction of sp³-hybridized carbons (Fsp3) is 0.625. The summed E-state index contributed by atoms with van der Waals surface area (Å²) in [6, 6.07) is 8.10. The lowest BCUT2D eigenvalue weighted by molar-refractivity contribution is 0.0727. The van der Waals surface area contributed by atoms with E-state index in [-0.39, 0.29) is 11.9 Å². The molecular formula is C16H23FN2. The van der Waals surface area contributed by atoms with Crippen molar-refractivity contribution in [2.45, 2.75) is 38.3 Å². The Kier molecular flexibility index (Phi) is 3.85. The third-order valence-electron chi connectivity index (χ3n) is 4.77. The maximum atomic E-state index is 14.1. The molecule has 104 valence electrons. The zero-order chi connectivity index (χ0) is 13.2. The molecule has 0 radical (unpaired) electrons. The number of rotatable bonds is 3. The Hall–Kier alpha value is -0.930. The quantitative estimate of drug-likeness (QED) is 0.901. The van der Waals surface area contributed by atoms with E-state index in [4.69, 9.17) is 0 Å². The van der Waals surface area contributed by atoms with Gasteiger partial charge in [0.05, 0.1) is 0 Å². The molecule has 2 aliphatic heterocycles. The van der Waals surface area contributed by atoms with Gasteiger partial charge in [-0.25, -0.2) is 4.39 Å². The van der Waals surface area contributed by atoms with E-state index in [0.717, 1.165) is 37.5 Å². The van der Waals surface area contributed by atoms with Gasteiger partial charge in [0, 0.05) is 24.2 Å². The van der Waals surface area contributed by atoms with Gasteiger partial charge in [-0.1, -0.05) is 25.1 Å². The number of likely N-dealkylation sites (tertiary alicyclic amines) is 1. The monoisotopic (exact) mass is 262 g/mol. The minimum atomic E-state index is -0.0533. The zero-order valence-corrected chi connectivity index (χ0v) is 11.6.